The Hall–Kier alpha value is -1.04. The molecule has 2 heterocycles. The number of nitrogens with one attached hydrogen (secondary N) is 1. The Labute approximate surface area is 121 Å². The minimum absolute atomic E-state index is 0.224. The fraction of sp³-hybridized carbons (Fsp3) is 0.385. The van der Waals surface area contributed by atoms with Crippen molar-refractivity contribution >= 4 is 35.3 Å². The first kappa shape index (κ1) is 14.4. The number of hydrogen-bond donors (Lipinski definition) is 2. The van der Waals surface area contributed by atoms with Crippen LogP contribution < -0.4 is 5.32 Å². The maximum Gasteiger partial charge on any atom is 0.244 e. The van der Waals surface area contributed by atoms with Crippen molar-refractivity contribution in [2.45, 2.75) is 12.0 Å². The lowest BCUT2D eigenvalue weighted by Crippen LogP contribution is -2.42. The molecule has 1 fully saturated rings. The summed E-state index contributed by atoms with van der Waals surface area (Å²) >= 11 is 7.45. The van der Waals surface area contributed by atoms with Crippen molar-refractivity contribution in [3.63, 3.8) is 0 Å². The minimum Gasteiger partial charge on any atom is -0.387 e. The molecular formula is C13H15ClN2O2S. The second-order valence-electron chi connectivity index (χ2n) is 4.49. The Balaban J connectivity index is 1.84. The Bertz CT molecular complexity index is 487. The quantitative estimate of drug-likeness (QED) is 0.656. The zero-order valence-corrected chi connectivity index (χ0v) is 11.9. The van der Waals surface area contributed by atoms with Crippen LogP contribution in [0.2, 0.25) is 5.15 Å². The van der Waals surface area contributed by atoms with E-state index in [9.17, 15) is 9.90 Å². The molecular weight excluding hydrogens is 284 g/mol. The van der Waals surface area contributed by atoms with E-state index in [-0.39, 0.29) is 5.91 Å². The molecule has 0 aromatic carbocycles. The van der Waals surface area contributed by atoms with Gasteiger partial charge in [-0.1, -0.05) is 11.6 Å². The SMILES string of the molecule is O=C(/C=C/c1ccnc(Cl)c1)NCC1(O)CCSC1. The van der Waals surface area contributed by atoms with Crippen LogP contribution in [0.1, 0.15) is 12.0 Å². The highest BCUT2D eigenvalue weighted by Crippen LogP contribution is 2.26. The third-order valence-corrected chi connectivity index (χ3v) is 4.29. The summed E-state index contributed by atoms with van der Waals surface area (Å²) in [6.07, 6.45) is 5.40. The van der Waals surface area contributed by atoms with Gasteiger partial charge in [-0.3, -0.25) is 4.79 Å². The van der Waals surface area contributed by atoms with Gasteiger partial charge < -0.3 is 10.4 Å². The van der Waals surface area contributed by atoms with E-state index in [2.05, 4.69) is 10.3 Å². The number of amides is 1. The monoisotopic (exact) mass is 298 g/mol. The van der Waals surface area contributed by atoms with Gasteiger partial charge in [0.1, 0.15) is 5.15 Å². The van der Waals surface area contributed by atoms with Crippen LogP contribution in [-0.4, -0.2) is 39.6 Å². The molecule has 0 spiro atoms. The molecule has 1 amide bonds. The molecule has 1 aromatic heterocycles. The van der Waals surface area contributed by atoms with Crippen LogP contribution in [0.15, 0.2) is 24.4 Å². The average Bonchev–Trinajstić information content (AvgIpc) is 2.82. The first-order valence-corrected chi connectivity index (χ1v) is 7.48. The third kappa shape index (κ3) is 4.53. The second-order valence-corrected chi connectivity index (χ2v) is 5.98. The number of rotatable bonds is 4. The van der Waals surface area contributed by atoms with Gasteiger partial charge in [-0.25, -0.2) is 4.98 Å². The summed E-state index contributed by atoms with van der Waals surface area (Å²) in [7, 11) is 0. The molecule has 102 valence electrons. The first-order valence-electron chi connectivity index (χ1n) is 5.95. The van der Waals surface area contributed by atoms with E-state index in [0.29, 0.717) is 17.5 Å². The second kappa shape index (κ2) is 6.41. The molecule has 2 rings (SSSR count). The molecule has 0 bridgehead atoms. The van der Waals surface area contributed by atoms with E-state index in [1.54, 1.807) is 36.2 Å². The van der Waals surface area contributed by atoms with Crippen LogP contribution in [0.25, 0.3) is 6.08 Å². The van der Waals surface area contributed by atoms with Crippen molar-refractivity contribution in [1.29, 1.82) is 0 Å². The van der Waals surface area contributed by atoms with Crippen molar-refractivity contribution in [2.75, 3.05) is 18.1 Å². The zero-order chi connectivity index (χ0) is 13.7. The largest absolute Gasteiger partial charge is 0.387 e. The highest BCUT2D eigenvalue weighted by molar-refractivity contribution is 7.99. The number of pyridine rings is 1. The summed E-state index contributed by atoms with van der Waals surface area (Å²) in [6, 6.07) is 3.43. The standard InChI is InChI=1S/C13H15ClN2O2S/c14-11-7-10(3-5-15-11)1-2-12(17)16-8-13(18)4-6-19-9-13/h1-3,5,7,18H,4,6,8-9H2,(H,16,17)/b2-1+. The maximum atomic E-state index is 11.6. The Kier molecular flexibility index (Phi) is 4.85. The molecule has 2 N–H and O–H groups in total. The van der Waals surface area contributed by atoms with Gasteiger partial charge >= 0.3 is 0 Å². The third-order valence-electron chi connectivity index (χ3n) is 2.85. The van der Waals surface area contributed by atoms with Crippen LogP contribution in [0.5, 0.6) is 0 Å². The van der Waals surface area contributed by atoms with E-state index in [4.69, 9.17) is 11.6 Å². The van der Waals surface area contributed by atoms with Gasteiger partial charge in [0.25, 0.3) is 0 Å². The number of nitrogens with zero attached hydrogens (tertiary/aromatic N) is 1. The van der Waals surface area contributed by atoms with Gasteiger partial charge in [-0.05, 0) is 35.9 Å². The van der Waals surface area contributed by atoms with Gasteiger partial charge in [0.05, 0.1) is 5.60 Å². The molecule has 6 heteroatoms. The molecule has 1 saturated heterocycles. The number of aliphatic hydroxyl groups is 1. The number of aromatic nitrogens is 1. The number of carbonyl (C=O) groups excluding carboxylic acids is 1. The molecule has 0 saturated carbocycles. The summed E-state index contributed by atoms with van der Waals surface area (Å²) in [5, 5.41) is 13.2. The van der Waals surface area contributed by atoms with Crippen LogP contribution >= 0.6 is 23.4 Å². The van der Waals surface area contributed by atoms with E-state index in [0.717, 1.165) is 17.7 Å². The molecule has 0 radical (unpaired) electrons. The smallest absolute Gasteiger partial charge is 0.244 e. The summed E-state index contributed by atoms with van der Waals surface area (Å²) in [4.78, 5) is 15.5. The molecule has 19 heavy (non-hydrogen) atoms. The Morgan fingerprint density at radius 1 is 1.68 bits per heavy atom. The van der Waals surface area contributed by atoms with Crippen LogP contribution in [0, 0.1) is 0 Å². The van der Waals surface area contributed by atoms with Crippen LogP contribution in [0.4, 0.5) is 0 Å². The predicted octanol–water partition coefficient (Wildman–Crippen LogP) is 1.73. The number of halogens is 1. The molecule has 1 unspecified atom stereocenters. The molecule has 0 aliphatic carbocycles. The number of carbonyl (C=O) groups is 1. The summed E-state index contributed by atoms with van der Waals surface area (Å²) in [6.45, 7) is 0.292. The summed E-state index contributed by atoms with van der Waals surface area (Å²) < 4.78 is 0. The van der Waals surface area contributed by atoms with Crippen molar-refractivity contribution in [1.82, 2.24) is 10.3 Å². The highest BCUT2D eigenvalue weighted by Gasteiger charge is 2.31. The summed E-state index contributed by atoms with van der Waals surface area (Å²) in [5.41, 5.74) is 0.0546. The molecule has 1 aromatic rings. The molecule has 1 aliphatic heterocycles. The van der Waals surface area contributed by atoms with Crippen LogP contribution in [0.3, 0.4) is 0 Å². The van der Waals surface area contributed by atoms with Gasteiger partial charge in [0.15, 0.2) is 0 Å². The van der Waals surface area contributed by atoms with E-state index in [1.807, 2.05) is 0 Å². The normalized spacial score (nSPS) is 22.8. The first-order chi connectivity index (χ1) is 9.07. The van der Waals surface area contributed by atoms with Gasteiger partial charge in [-0.2, -0.15) is 11.8 Å². The lowest BCUT2D eigenvalue weighted by Gasteiger charge is -2.20. The van der Waals surface area contributed by atoms with Crippen molar-refractivity contribution in [3.8, 4) is 0 Å². The molecule has 1 aliphatic rings. The molecule has 1 atom stereocenters. The topological polar surface area (TPSA) is 62.2 Å². The minimum atomic E-state index is -0.756. The maximum absolute atomic E-state index is 11.6. The lowest BCUT2D eigenvalue weighted by atomic mass is 10.0. The average molecular weight is 299 g/mol. The van der Waals surface area contributed by atoms with Crippen LogP contribution in [-0.2, 0) is 4.79 Å². The van der Waals surface area contributed by atoms with Gasteiger partial charge in [0.2, 0.25) is 5.91 Å². The fourth-order valence-electron chi connectivity index (χ4n) is 1.74. The summed E-state index contributed by atoms with van der Waals surface area (Å²) in [5.74, 6) is 1.40. The van der Waals surface area contributed by atoms with Crippen molar-refractivity contribution in [2.24, 2.45) is 0 Å². The van der Waals surface area contributed by atoms with Gasteiger partial charge in [0, 0.05) is 24.6 Å². The Morgan fingerprint density at radius 3 is 3.21 bits per heavy atom. The fourth-order valence-corrected chi connectivity index (χ4v) is 3.22. The number of thioether (sulfide) groups is 1. The van der Waals surface area contributed by atoms with E-state index < -0.39 is 5.60 Å². The highest BCUT2D eigenvalue weighted by atomic mass is 35.5. The lowest BCUT2D eigenvalue weighted by molar-refractivity contribution is -0.117. The predicted molar refractivity (Wildman–Crippen MR) is 78.2 cm³/mol. The van der Waals surface area contributed by atoms with Crippen molar-refractivity contribution in [3.05, 3.63) is 35.1 Å². The van der Waals surface area contributed by atoms with E-state index in [1.165, 1.54) is 6.08 Å². The van der Waals surface area contributed by atoms with Crippen molar-refractivity contribution < 1.29 is 9.90 Å². The van der Waals surface area contributed by atoms with Gasteiger partial charge in [-0.15, -0.1) is 0 Å². The van der Waals surface area contributed by atoms with E-state index >= 15 is 0 Å². The zero-order valence-electron chi connectivity index (χ0n) is 10.3. The molecule has 4 nitrogen and oxygen atoms in total. The Morgan fingerprint density at radius 2 is 2.53 bits per heavy atom. The number of hydrogen-bond acceptors (Lipinski definition) is 4.